The zero-order chi connectivity index (χ0) is 19.8. The smallest absolute Gasteiger partial charge is 0.311 e. The third kappa shape index (κ3) is 6.14. The van der Waals surface area contributed by atoms with E-state index in [1.807, 2.05) is 13.0 Å². The number of carbonyl (C=O) groups is 2. The molecule has 0 spiro atoms. The third-order valence-electron chi connectivity index (χ3n) is 3.43. The molecule has 0 saturated heterocycles. The molecule has 1 atom stereocenters. The number of aromatic amines is 1. The van der Waals surface area contributed by atoms with Gasteiger partial charge in [-0.05, 0) is 26.0 Å². The maximum atomic E-state index is 12.5. The molecule has 2 rings (SSSR count). The van der Waals surface area contributed by atoms with Crippen LogP contribution in [-0.2, 0) is 20.7 Å². The monoisotopic (exact) mass is 391 g/mol. The molecule has 9 heteroatoms. The zero-order valence-corrected chi connectivity index (χ0v) is 16.1. The van der Waals surface area contributed by atoms with Crippen molar-refractivity contribution in [2.24, 2.45) is 0 Å². The lowest BCUT2D eigenvalue weighted by Crippen LogP contribution is -2.24. The largest absolute Gasteiger partial charge is 0.492 e. The van der Waals surface area contributed by atoms with Crippen molar-refractivity contribution in [3.05, 3.63) is 46.4 Å². The minimum atomic E-state index is -0.545. The number of ether oxygens (including phenoxy) is 2. The van der Waals surface area contributed by atoms with E-state index in [4.69, 9.17) is 4.74 Å². The zero-order valence-electron chi connectivity index (χ0n) is 15.3. The summed E-state index contributed by atoms with van der Waals surface area (Å²) in [4.78, 5) is 42.4. The molecule has 0 unspecified atom stereocenters. The minimum absolute atomic E-state index is 0.115. The number of thioether (sulfide) groups is 1. The van der Waals surface area contributed by atoms with Gasteiger partial charge in [0.25, 0.3) is 5.56 Å². The molecule has 0 aliphatic rings. The summed E-state index contributed by atoms with van der Waals surface area (Å²) in [5.41, 5.74) is 0.445. The fraction of sp³-hybridized carbons (Fsp3) is 0.333. The Morgan fingerprint density at radius 2 is 2.07 bits per heavy atom. The molecular weight excluding hydrogens is 370 g/mol. The van der Waals surface area contributed by atoms with Crippen molar-refractivity contribution in [3.8, 4) is 5.75 Å². The van der Waals surface area contributed by atoms with Gasteiger partial charge in [-0.15, -0.1) is 0 Å². The van der Waals surface area contributed by atoms with Gasteiger partial charge in [0.15, 0.2) is 5.16 Å². The van der Waals surface area contributed by atoms with Gasteiger partial charge in [-0.25, -0.2) is 4.98 Å². The molecular formula is C18H21N3O5S. The van der Waals surface area contributed by atoms with Crippen molar-refractivity contribution >= 4 is 29.3 Å². The lowest BCUT2D eigenvalue weighted by atomic mass is 10.3. The Balaban J connectivity index is 2.08. The van der Waals surface area contributed by atoms with Crippen molar-refractivity contribution < 1.29 is 19.1 Å². The van der Waals surface area contributed by atoms with E-state index in [0.29, 0.717) is 18.0 Å². The van der Waals surface area contributed by atoms with E-state index in [-0.39, 0.29) is 23.2 Å². The van der Waals surface area contributed by atoms with Gasteiger partial charge in [-0.2, -0.15) is 0 Å². The fourth-order valence-electron chi connectivity index (χ4n) is 2.16. The number of hydrogen-bond donors (Lipinski definition) is 2. The predicted molar refractivity (Wildman–Crippen MR) is 102 cm³/mol. The van der Waals surface area contributed by atoms with Crippen LogP contribution in [0.4, 0.5) is 5.69 Å². The van der Waals surface area contributed by atoms with Crippen molar-refractivity contribution in [1.82, 2.24) is 9.97 Å². The highest BCUT2D eigenvalue weighted by Gasteiger charge is 2.18. The Morgan fingerprint density at radius 3 is 2.78 bits per heavy atom. The number of esters is 1. The number of hydrogen-bond acceptors (Lipinski definition) is 7. The second-order valence-corrected chi connectivity index (χ2v) is 6.80. The number of amides is 1. The van der Waals surface area contributed by atoms with Crippen molar-refractivity contribution in [3.63, 3.8) is 0 Å². The second-order valence-electron chi connectivity index (χ2n) is 5.47. The van der Waals surface area contributed by atoms with E-state index in [1.165, 1.54) is 13.2 Å². The predicted octanol–water partition coefficient (Wildman–Crippen LogP) is 2.00. The standard InChI is InChI=1S/C18H21N3O5S/c1-4-26-14-8-6-5-7-13(14)20-17(24)11(2)27-18-19-12(9-15(22)21-18)10-16(23)25-3/h5-9,11H,4,10H2,1-3H3,(H,20,24)(H,19,21,22)/t11-/m0/s1. The number of aromatic nitrogens is 2. The molecule has 0 aliphatic heterocycles. The van der Waals surface area contributed by atoms with E-state index in [2.05, 4.69) is 20.0 Å². The van der Waals surface area contributed by atoms with Crippen LogP contribution in [0.5, 0.6) is 5.75 Å². The van der Waals surface area contributed by atoms with Gasteiger partial charge < -0.3 is 19.8 Å². The summed E-state index contributed by atoms with van der Waals surface area (Å²) in [7, 11) is 1.26. The van der Waals surface area contributed by atoms with Gasteiger partial charge in [-0.3, -0.25) is 14.4 Å². The van der Waals surface area contributed by atoms with Gasteiger partial charge in [0.2, 0.25) is 5.91 Å². The number of anilines is 1. The first-order chi connectivity index (χ1) is 12.9. The summed E-state index contributed by atoms with van der Waals surface area (Å²) in [5, 5.41) is 2.51. The molecule has 1 amide bonds. The fourth-order valence-corrected chi connectivity index (χ4v) is 2.99. The van der Waals surface area contributed by atoms with Crippen LogP contribution in [0, 0.1) is 0 Å². The average Bonchev–Trinajstić information content (AvgIpc) is 2.62. The molecule has 1 heterocycles. The molecule has 2 N–H and O–H groups in total. The molecule has 1 aromatic carbocycles. The average molecular weight is 391 g/mol. The van der Waals surface area contributed by atoms with Crippen LogP contribution < -0.4 is 15.6 Å². The summed E-state index contributed by atoms with van der Waals surface area (Å²) in [6.45, 7) is 4.03. The summed E-state index contributed by atoms with van der Waals surface area (Å²) in [5.74, 6) is -0.187. The number of carbonyl (C=O) groups excluding carboxylic acids is 2. The number of benzene rings is 1. The highest BCUT2D eigenvalue weighted by molar-refractivity contribution is 8.00. The first kappa shape index (κ1) is 20.5. The van der Waals surface area contributed by atoms with E-state index in [0.717, 1.165) is 11.8 Å². The number of H-pyrrole nitrogens is 1. The minimum Gasteiger partial charge on any atom is -0.492 e. The molecule has 0 aliphatic carbocycles. The van der Waals surface area contributed by atoms with E-state index in [9.17, 15) is 14.4 Å². The highest BCUT2D eigenvalue weighted by atomic mass is 32.2. The summed E-state index contributed by atoms with van der Waals surface area (Å²) < 4.78 is 10.1. The van der Waals surface area contributed by atoms with Crippen LogP contribution in [0.2, 0.25) is 0 Å². The van der Waals surface area contributed by atoms with Crippen LogP contribution in [0.3, 0.4) is 0 Å². The Hall–Kier alpha value is -2.81. The second kappa shape index (κ2) is 9.77. The quantitative estimate of drug-likeness (QED) is 0.402. The van der Waals surface area contributed by atoms with Crippen molar-refractivity contribution in [2.75, 3.05) is 19.0 Å². The first-order valence-corrected chi connectivity index (χ1v) is 9.17. The van der Waals surface area contributed by atoms with E-state index >= 15 is 0 Å². The lowest BCUT2D eigenvalue weighted by molar-refractivity contribution is -0.139. The normalized spacial score (nSPS) is 11.5. The Labute approximate surface area is 160 Å². The maximum absolute atomic E-state index is 12.5. The Kier molecular flexibility index (Phi) is 7.42. The molecule has 0 saturated carbocycles. The van der Waals surface area contributed by atoms with Crippen molar-refractivity contribution in [1.29, 1.82) is 0 Å². The number of nitrogens with one attached hydrogen (secondary N) is 2. The summed E-state index contributed by atoms with van der Waals surface area (Å²) in [6, 6.07) is 8.36. The summed E-state index contributed by atoms with van der Waals surface area (Å²) >= 11 is 1.08. The Bertz CT molecular complexity index is 868. The van der Waals surface area contributed by atoms with Crippen LogP contribution in [-0.4, -0.2) is 40.8 Å². The number of para-hydroxylation sites is 2. The highest BCUT2D eigenvalue weighted by Crippen LogP contribution is 2.26. The van der Waals surface area contributed by atoms with Crippen LogP contribution in [0.1, 0.15) is 19.5 Å². The van der Waals surface area contributed by atoms with Crippen molar-refractivity contribution in [2.45, 2.75) is 30.7 Å². The van der Waals surface area contributed by atoms with Gasteiger partial charge in [0.05, 0.1) is 36.8 Å². The van der Waals surface area contributed by atoms with Gasteiger partial charge in [0.1, 0.15) is 5.75 Å². The van der Waals surface area contributed by atoms with Crippen LogP contribution in [0.25, 0.3) is 0 Å². The number of nitrogens with zero attached hydrogens (tertiary/aromatic N) is 1. The molecule has 144 valence electrons. The maximum Gasteiger partial charge on any atom is 0.311 e. The van der Waals surface area contributed by atoms with Crippen LogP contribution >= 0.6 is 11.8 Å². The number of rotatable bonds is 8. The molecule has 0 radical (unpaired) electrons. The topological polar surface area (TPSA) is 110 Å². The molecule has 1 aromatic heterocycles. The Morgan fingerprint density at radius 1 is 1.33 bits per heavy atom. The molecule has 2 aromatic rings. The van der Waals surface area contributed by atoms with Gasteiger partial charge in [0, 0.05) is 6.07 Å². The lowest BCUT2D eigenvalue weighted by Gasteiger charge is -2.14. The third-order valence-corrected chi connectivity index (χ3v) is 4.41. The molecule has 0 fully saturated rings. The van der Waals surface area contributed by atoms with Gasteiger partial charge in [-0.1, -0.05) is 23.9 Å². The SMILES string of the molecule is CCOc1ccccc1NC(=O)[C@H](C)Sc1nc(CC(=O)OC)cc(=O)[nH]1. The van der Waals surface area contributed by atoms with Gasteiger partial charge >= 0.3 is 5.97 Å². The number of methoxy groups -OCH3 is 1. The first-order valence-electron chi connectivity index (χ1n) is 8.29. The van der Waals surface area contributed by atoms with E-state index in [1.54, 1.807) is 25.1 Å². The molecule has 8 nitrogen and oxygen atoms in total. The van der Waals surface area contributed by atoms with E-state index < -0.39 is 16.8 Å². The van der Waals surface area contributed by atoms with Crippen LogP contribution in [0.15, 0.2) is 40.3 Å². The molecule has 27 heavy (non-hydrogen) atoms. The summed E-state index contributed by atoms with van der Waals surface area (Å²) in [6.07, 6.45) is -0.115. The molecule has 0 bridgehead atoms.